The Balaban J connectivity index is 1.32. The number of carbonyl (C=O) groups is 1. The van der Waals surface area contributed by atoms with Crippen molar-refractivity contribution in [2.24, 2.45) is 0 Å². The predicted molar refractivity (Wildman–Crippen MR) is 107 cm³/mol. The maximum Gasteiger partial charge on any atom is 0.317 e. The van der Waals surface area contributed by atoms with E-state index in [0.29, 0.717) is 12.5 Å². The minimum absolute atomic E-state index is 0.0241. The highest BCUT2D eigenvalue weighted by molar-refractivity contribution is 5.75. The molecule has 1 heterocycles. The maximum atomic E-state index is 12.6. The van der Waals surface area contributed by atoms with E-state index in [0.717, 1.165) is 30.9 Å². The first kappa shape index (κ1) is 17.7. The molecule has 1 aliphatic carbocycles. The zero-order chi connectivity index (χ0) is 18.8. The largest absolute Gasteiger partial charge is 0.485 e. The Kier molecular flexibility index (Phi) is 4.92. The third kappa shape index (κ3) is 3.87. The maximum absolute atomic E-state index is 12.6. The summed E-state index contributed by atoms with van der Waals surface area (Å²) in [6, 6.07) is 18.7. The van der Waals surface area contributed by atoms with Gasteiger partial charge in [-0.2, -0.15) is 0 Å². The van der Waals surface area contributed by atoms with Crippen LogP contribution in [0.25, 0.3) is 0 Å². The summed E-state index contributed by atoms with van der Waals surface area (Å²) in [4.78, 5) is 16.6. The van der Waals surface area contributed by atoms with Gasteiger partial charge in [0.2, 0.25) is 0 Å². The molecule has 4 rings (SSSR count). The van der Waals surface area contributed by atoms with Gasteiger partial charge in [-0.25, -0.2) is 4.79 Å². The summed E-state index contributed by atoms with van der Waals surface area (Å²) in [6.45, 7) is 4.43. The van der Waals surface area contributed by atoms with Crippen molar-refractivity contribution in [3.63, 3.8) is 0 Å². The summed E-state index contributed by atoms with van der Waals surface area (Å²) in [6.07, 6.45) is 0.986. The summed E-state index contributed by atoms with van der Waals surface area (Å²) in [5.41, 5.74) is 2.43. The average molecular weight is 365 g/mol. The minimum Gasteiger partial charge on any atom is -0.485 e. The molecular formula is C22H27N3O2. The molecule has 1 saturated carbocycles. The molecule has 1 N–H and O–H groups in total. The molecule has 5 nitrogen and oxygen atoms in total. The number of benzene rings is 2. The third-order valence-corrected chi connectivity index (χ3v) is 5.46. The number of urea groups is 1. The van der Waals surface area contributed by atoms with Gasteiger partial charge in [0.25, 0.3) is 0 Å². The number of ether oxygens (including phenoxy) is 1. The van der Waals surface area contributed by atoms with Gasteiger partial charge in [-0.1, -0.05) is 42.5 Å². The molecular weight excluding hydrogens is 338 g/mol. The first-order valence-electron chi connectivity index (χ1n) is 9.73. The van der Waals surface area contributed by atoms with E-state index in [1.165, 1.54) is 5.56 Å². The van der Waals surface area contributed by atoms with E-state index in [1.807, 2.05) is 31.3 Å². The smallest absolute Gasteiger partial charge is 0.317 e. The van der Waals surface area contributed by atoms with Crippen LogP contribution in [-0.4, -0.2) is 49.8 Å². The van der Waals surface area contributed by atoms with E-state index in [1.54, 1.807) is 4.90 Å². The van der Waals surface area contributed by atoms with Gasteiger partial charge in [-0.3, -0.25) is 0 Å². The van der Waals surface area contributed by atoms with Gasteiger partial charge in [0.05, 0.1) is 18.8 Å². The molecule has 0 saturated heterocycles. The molecule has 0 aromatic heterocycles. The number of likely N-dealkylation sites (N-methyl/N-ethyl adjacent to an activating group) is 2. The summed E-state index contributed by atoms with van der Waals surface area (Å²) in [5.74, 6) is 1.34. The van der Waals surface area contributed by atoms with Crippen molar-refractivity contribution in [1.29, 1.82) is 0 Å². The van der Waals surface area contributed by atoms with E-state index >= 15 is 0 Å². The van der Waals surface area contributed by atoms with Gasteiger partial charge in [-0.15, -0.1) is 0 Å². The van der Waals surface area contributed by atoms with Crippen molar-refractivity contribution in [2.75, 3.05) is 31.6 Å². The fraction of sp³-hybridized carbons (Fsp3) is 0.409. The van der Waals surface area contributed by atoms with Crippen molar-refractivity contribution >= 4 is 11.7 Å². The third-order valence-electron chi connectivity index (χ3n) is 5.46. The van der Waals surface area contributed by atoms with Gasteiger partial charge in [-0.05, 0) is 31.0 Å². The van der Waals surface area contributed by atoms with Gasteiger partial charge < -0.3 is 19.9 Å². The number of fused-ring (bicyclic) bond motifs is 1. The summed E-state index contributed by atoms with van der Waals surface area (Å²) in [5, 5.41) is 3.15. The number of anilines is 1. The SMILES string of the molecule is CCN1C[C@H](CN(C)C(=O)N[C@@H]2C[C@@H]2c2ccccc2)Oc2ccccc21. The van der Waals surface area contributed by atoms with E-state index in [4.69, 9.17) is 4.74 Å². The summed E-state index contributed by atoms with van der Waals surface area (Å²) < 4.78 is 6.13. The normalized spacial score (nSPS) is 23.2. The van der Waals surface area contributed by atoms with Crippen molar-refractivity contribution < 1.29 is 9.53 Å². The predicted octanol–water partition coefficient (Wildman–Crippen LogP) is 3.47. The van der Waals surface area contributed by atoms with E-state index < -0.39 is 0 Å². The van der Waals surface area contributed by atoms with Crippen LogP contribution in [0.1, 0.15) is 24.8 Å². The van der Waals surface area contributed by atoms with Crippen LogP contribution in [-0.2, 0) is 0 Å². The number of para-hydroxylation sites is 2. The number of amides is 2. The molecule has 0 unspecified atom stereocenters. The molecule has 2 aliphatic rings. The summed E-state index contributed by atoms with van der Waals surface area (Å²) in [7, 11) is 1.84. The van der Waals surface area contributed by atoms with Gasteiger partial charge in [0.1, 0.15) is 11.9 Å². The standard InChI is InChI=1S/C22H27N3O2/c1-3-25-15-17(27-21-12-8-7-11-20(21)25)14-24(2)22(26)23-19-13-18(19)16-9-5-4-6-10-16/h4-12,17-19H,3,13-15H2,1-2H3,(H,23,26)/t17-,18+,19+/m0/s1. The zero-order valence-corrected chi connectivity index (χ0v) is 16.0. The molecule has 0 radical (unpaired) electrons. The topological polar surface area (TPSA) is 44.8 Å². The average Bonchev–Trinajstić information content (AvgIpc) is 3.47. The van der Waals surface area contributed by atoms with Crippen molar-refractivity contribution in [2.45, 2.75) is 31.4 Å². The molecule has 1 fully saturated rings. The number of rotatable bonds is 5. The van der Waals surface area contributed by atoms with E-state index in [2.05, 4.69) is 47.5 Å². The Bertz CT molecular complexity index is 795. The van der Waals surface area contributed by atoms with Crippen LogP contribution in [0.2, 0.25) is 0 Å². The molecule has 27 heavy (non-hydrogen) atoms. The van der Waals surface area contributed by atoms with Gasteiger partial charge >= 0.3 is 6.03 Å². The second kappa shape index (κ2) is 7.51. The highest BCUT2D eigenvalue weighted by Gasteiger charge is 2.40. The quantitative estimate of drug-likeness (QED) is 0.882. The van der Waals surface area contributed by atoms with Gasteiger partial charge in [0.15, 0.2) is 0 Å². The lowest BCUT2D eigenvalue weighted by Crippen LogP contribution is -2.49. The van der Waals surface area contributed by atoms with Crippen LogP contribution in [0.5, 0.6) is 5.75 Å². The van der Waals surface area contributed by atoms with Crippen LogP contribution in [0.3, 0.4) is 0 Å². The molecule has 1 aliphatic heterocycles. The van der Waals surface area contributed by atoms with Crippen LogP contribution < -0.4 is 15.0 Å². The summed E-state index contributed by atoms with van der Waals surface area (Å²) >= 11 is 0. The molecule has 0 bridgehead atoms. The molecule has 5 heteroatoms. The van der Waals surface area contributed by atoms with Crippen molar-refractivity contribution in [3.8, 4) is 5.75 Å². The fourth-order valence-electron chi connectivity index (χ4n) is 3.85. The Morgan fingerprint density at radius 1 is 1.19 bits per heavy atom. The monoisotopic (exact) mass is 365 g/mol. The Morgan fingerprint density at radius 3 is 2.70 bits per heavy atom. The lowest BCUT2D eigenvalue weighted by atomic mass is 10.1. The number of nitrogens with one attached hydrogen (secondary N) is 1. The second-order valence-electron chi connectivity index (χ2n) is 7.44. The number of hydrogen-bond donors (Lipinski definition) is 1. The van der Waals surface area contributed by atoms with Crippen molar-refractivity contribution in [1.82, 2.24) is 10.2 Å². The first-order chi connectivity index (χ1) is 13.2. The Labute approximate surface area is 160 Å². The fourth-order valence-corrected chi connectivity index (χ4v) is 3.85. The number of hydrogen-bond acceptors (Lipinski definition) is 3. The second-order valence-corrected chi connectivity index (χ2v) is 7.44. The van der Waals surface area contributed by atoms with Crippen LogP contribution in [0.4, 0.5) is 10.5 Å². The van der Waals surface area contributed by atoms with E-state index in [9.17, 15) is 4.79 Å². The van der Waals surface area contributed by atoms with Crippen LogP contribution in [0.15, 0.2) is 54.6 Å². The molecule has 2 aromatic rings. The van der Waals surface area contributed by atoms with E-state index in [-0.39, 0.29) is 18.2 Å². The Hall–Kier alpha value is -2.69. The zero-order valence-electron chi connectivity index (χ0n) is 16.0. The molecule has 2 amide bonds. The number of nitrogens with zero attached hydrogens (tertiary/aromatic N) is 2. The molecule has 3 atom stereocenters. The lowest BCUT2D eigenvalue weighted by molar-refractivity contribution is 0.145. The number of carbonyl (C=O) groups excluding carboxylic acids is 1. The Morgan fingerprint density at radius 2 is 1.93 bits per heavy atom. The highest BCUT2D eigenvalue weighted by Crippen LogP contribution is 2.40. The first-order valence-corrected chi connectivity index (χ1v) is 9.73. The van der Waals surface area contributed by atoms with Crippen LogP contribution >= 0.6 is 0 Å². The molecule has 0 spiro atoms. The lowest BCUT2D eigenvalue weighted by Gasteiger charge is -2.37. The molecule has 2 aromatic carbocycles. The van der Waals surface area contributed by atoms with Gasteiger partial charge in [0, 0.05) is 25.6 Å². The minimum atomic E-state index is -0.0280. The highest BCUT2D eigenvalue weighted by atomic mass is 16.5. The van der Waals surface area contributed by atoms with Crippen molar-refractivity contribution in [3.05, 3.63) is 60.2 Å². The molecule has 142 valence electrons. The van der Waals surface area contributed by atoms with Crippen LogP contribution in [0, 0.1) is 0 Å².